The molecule has 1 heterocycles. The lowest BCUT2D eigenvalue weighted by atomic mass is 9.88. The molecule has 0 aliphatic carbocycles. The summed E-state index contributed by atoms with van der Waals surface area (Å²) < 4.78 is 43.4. The monoisotopic (exact) mass is 365 g/mol. The van der Waals surface area contributed by atoms with Gasteiger partial charge in [-0.15, -0.1) is 0 Å². The van der Waals surface area contributed by atoms with Crippen LogP contribution in [-0.2, 0) is 15.7 Å². The molecule has 1 fully saturated rings. The Bertz CT molecular complexity index is 665. The molecular formula is C15H15ClF3NO4. The second-order valence-electron chi connectivity index (χ2n) is 5.72. The van der Waals surface area contributed by atoms with E-state index in [2.05, 4.69) is 0 Å². The van der Waals surface area contributed by atoms with Gasteiger partial charge in [0.1, 0.15) is 5.41 Å². The van der Waals surface area contributed by atoms with Crippen molar-refractivity contribution >= 4 is 23.5 Å². The van der Waals surface area contributed by atoms with E-state index in [4.69, 9.17) is 16.3 Å². The molecular weight excluding hydrogens is 351 g/mol. The van der Waals surface area contributed by atoms with E-state index >= 15 is 0 Å². The van der Waals surface area contributed by atoms with E-state index in [1.165, 1.54) is 12.0 Å². The summed E-state index contributed by atoms with van der Waals surface area (Å²) in [7, 11) is 1.35. The number of methoxy groups -OCH3 is 1. The fourth-order valence-corrected chi connectivity index (χ4v) is 2.97. The topological polar surface area (TPSA) is 66.8 Å². The Kier molecular flexibility index (Phi) is 5.10. The molecule has 0 bridgehead atoms. The summed E-state index contributed by atoms with van der Waals surface area (Å²) in [6, 6.07) is 2.58. The van der Waals surface area contributed by atoms with Gasteiger partial charge in [-0.2, -0.15) is 13.2 Å². The quantitative estimate of drug-likeness (QED) is 0.891. The van der Waals surface area contributed by atoms with Crippen molar-refractivity contribution in [1.29, 1.82) is 0 Å². The number of ether oxygens (including phenoxy) is 1. The molecule has 1 aliphatic heterocycles. The summed E-state index contributed by atoms with van der Waals surface area (Å²) in [5.74, 6) is -1.80. The lowest BCUT2D eigenvalue weighted by Gasteiger charge is -2.24. The van der Waals surface area contributed by atoms with Gasteiger partial charge in [0.05, 0.1) is 12.2 Å². The first-order valence-electron chi connectivity index (χ1n) is 6.98. The second kappa shape index (κ2) is 6.60. The number of hydrogen-bond donors (Lipinski definition) is 1. The van der Waals surface area contributed by atoms with Crippen LogP contribution in [0.15, 0.2) is 18.2 Å². The molecule has 1 N–H and O–H groups in total. The van der Waals surface area contributed by atoms with E-state index < -0.39 is 29.0 Å². The van der Waals surface area contributed by atoms with Crippen LogP contribution in [0.1, 0.15) is 22.3 Å². The number of alkyl halides is 3. The van der Waals surface area contributed by atoms with Gasteiger partial charge in [0.15, 0.2) is 0 Å². The Labute approximate surface area is 141 Å². The zero-order chi connectivity index (χ0) is 18.1. The van der Waals surface area contributed by atoms with Gasteiger partial charge in [-0.05, 0) is 24.6 Å². The zero-order valence-corrected chi connectivity index (χ0v) is 13.4. The van der Waals surface area contributed by atoms with Crippen molar-refractivity contribution < 1.29 is 32.6 Å². The number of likely N-dealkylation sites (tertiary alicyclic amines) is 1. The Morgan fingerprint density at radius 2 is 2.04 bits per heavy atom. The highest BCUT2D eigenvalue weighted by Crippen LogP contribution is 2.35. The van der Waals surface area contributed by atoms with Crippen molar-refractivity contribution in [3.05, 3.63) is 34.3 Å². The molecule has 1 unspecified atom stereocenters. The van der Waals surface area contributed by atoms with Crippen molar-refractivity contribution in [3.8, 4) is 0 Å². The van der Waals surface area contributed by atoms with Crippen molar-refractivity contribution in [3.63, 3.8) is 0 Å². The molecule has 0 radical (unpaired) electrons. The Balaban J connectivity index is 2.27. The first-order chi connectivity index (χ1) is 11.1. The molecule has 0 aromatic heterocycles. The van der Waals surface area contributed by atoms with Crippen LogP contribution in [0.5, 0.6) is 0 Å². The third-order valence-electron chi connectivity index (χ3n) is 3.99. The maximum atomic E-state index is 12.8. The second-order valence-corrected chi connectivity index (χ2v) is 6.16. The van der Waals surface area contributed by atoms with E-state index in [1.807, 2.05) is 0 Å². The SMILES string of the molecule is COCC1(C(=O)O)CCN(C(=O)c2cc(Cl)cc(C(F)(F)F)c2)C1. The summed E-state index contributed by atoms with van der Waals surface area (Å²) in [6.07, 6.45) is -4.47. The fraction of sp³-hybridized carbons (Fsp3) is 0.467. The van der Waals surface area contributed by atoms with Crippen molar-refractivity contribution in [2.75, 3.05) is 26.8 Å². The molecule has 0 spiro atoms. The molecule has 1 aromatic carbocycles. The number of aliphatic carboxylic acids is 1. The van der Waals surface area contributed by atoms with Gasteiger partial charge < -0.3 is 14.7 Å². The summed E-state index contributed by atoms with van der Waals surface area (Å²) in [5.41, 5.74) is -2.51. The van der Waals surface area contributed by atoms with Gasteiger partial charge in [-0.3, -0.25) is 9.59 Å². The number of nitrogens with zero attached hydrogens (tertiary/aromatic N) is 1. The van der Waals surface area contributed by atoms with Gasteiger partial charge >= 0.3 is 12.1 Å². The minimum atomic E-state index is -4.63. The van der Waals surface area contributed by atoms with Crippen molar-refractivity contribution in [2.45, 2.75) is 12.6 Å². The molecule has 0 saturated carbocycles. The van der Waals surface area contributed by atoms with Gasteiger partial charge in [-0.1, -0.05) is 11.6 Å². The standard InChI is InChI=1S/C15H15ClF3NO4/c1-24-8-14(13(22)23)2-3-20(7-14)12(21)9-4-10(15(17,18)19)6-11(16)5-9/h4-6H,2-3,7-8H2,1H3,(H,22,23). The molecule has 1 saturated heterocycles. The molecule has 1 aromatic rings. The maximum Gasteiger partial charge on any atom is 0.416 e. The van der Waals surface area contributed by atoms with Crippen LogP contribution in [0.3, 0.4) is 0 Å². The third kappa shape index (κ3) is 3.64. The van der Waals surface area contributed by atoms with Crippen LogP contribution in [0.25, 0.3) is 0 Å². The summed E-state index contributed by atoms with van der Waals surface area (Å²) in [5, 5.41) is 9.16. The molecule has 2 rings (SSSR count). The van der Waals surface area contributed by atoms with E-state index in [0.29, 0.717) is 6.07 Å². The molecule has 1 atom stereocenters. The number of carbonyl (C=O) groups is 2. The average Bonchev–Trinajstić information content (AvgIpc) is 2.91. The third-order valence-corrected chi connectivity index (χ3v) is 4.21. The minimum Gasteiger partial charge on any atom is -0.481 e. The average molecular weight is 366 g/mol. The van der Waals surface area contributed by atoms with Crippen molar-refractivity contribution in [1.82, 2.24) is 4.90 Å². The van der Waals surface area contributed by atoms with Crippen molar-refractivity contribution in [2.24, 2.45) is 5.41 Å². The van der Waals surface area contributed by atoms with Crippen LogP contribution >= 0.6 is 11.6 Å². The lowest BCUT2D eigenvalue weighted by molar-refractivity contribution is -0.151. The number of amides is 1. The number of hydrogen-bond acceptors (Lipinski definition) is 3. The Morgan fingerprint density at radius 1 is 1.38 bits per heavy atom. The van der Waals surface area contributed by atoms with E-state index in [9.17, 15) is 27.9 Å². The first kappa shape index (κ1) is 18.5. The largest absolute Gasteiger partial charge is 0.481 e. The maximum absolute atomic E-state index is 12.8. The smallest absolute Gasteiger partial charge is 0.416 e. The number of carboxylic acid groups (broad SMARTS) is 1. The highest BCUT2D eigenvalue weighted by Gasteiger charge is 2.46. The summed E-state index contributed by atoms with van der Waals surface area (Å²) >= 11 is 5.68. The first-order valence-corrected chi connectivity index (χ1v) is 7.36. The Hall–Kier alpha value is -1.80. The van der Waals surface area contributed by atoms with Crippen LogP contribution < -0.4 is 0 Å². The van der Waals surface area contributed by atoms with Crippen LogP contribution in [0, 0.1) is 5.41 Å². The number of rotatable bonds is 4. The predicted molar refractivity (Wildman–Crippen MR) is 78.9 cm³/mol. The van der Waals surface area contributed by atoms with E-state index in [-0.39, 0.29) is 36.7 Å². The molecule has 132 valence electrons. The van der Waals surface area contributed by atoms with Gasteiger partial charge in [0, 0.05) is 30.8 Å². The molecule has 1 aliphatic rings. The van der Waals surface area contributed by atoms with E-state index in [0.717, 1.165) is 12.1 Å². The molecule has 1 amide bonds. The summed E-state index contributed by atoms with van der Waals surface area (Å²) in [4.78, 5) is 25.1. The van der Waals surface area contributed by atoms with Gasteiger partial charge in [0.2, 0.25) is 0 Å². The Morgan fingerprint density at radius 3 is 2.58 bits per heavy atom. The molecule has 24 heavy (non-hydrogen) atoms. The molecule has 5 nitrogen and oxygen atoms in total. The fourth-order valence-electron chi connectivity index (χ4n) is 2.74. The van der Waals surface area contributed by atoms with Crippen LogP contribution in [-0.4, -0.2) is 48.7 Å². The highest BCUT2D eigenvalue weighted by atomic mass is 35.5. The predicted octanol–water partition coefficient (Wildman–Crippen LogP) is 2.92. The number of carbonyl (C=O) groups excluding carboxylic acids is 1. The summed E-state index contributed by atoms with van der Waals surface area (Å²) in [6.45, 7) is -0.110. The normalized spacial score (nSPS) is 21.1. The highest BCUT2D eigenvalue weighted by molar-refractivity contribution is 6.31. The van der Waals surface area contributed by atoms with Gasteiger partial charge in [-0.25, -0.2) is 0 Å². The van der Waals surface area contributed by atoms with Gasteiger partial charge in [0.25, 0.3) is 5.91 Å². The number of halogens is 4. The number of carboxylic acids is 1. The van der Waals surface area contributed by atoms with E-state index in [1.54, 1.807) is 0 Å². The zero-order valence-electron chi connectivity index (χ0n) is 12.7. The number of benzene rings is 1. The lowest BCUT2D eigenvalue weighted by Crippen LogP contribution is -2.40. The minimum absolute atomic E-state index is 0.0878. The van der Waals surface area contributed by atoms with Crippen LogP contribution in [0.4, 0.5) is 13.2 Å². The molecule has 9 heteroatoms. The van der Waals surface area contributed by atoms with Crippen LogP contribution in [0.2, 0.25) is 5.02 Å².